The van der Waals surface area contributed by atoms with Gasteiger partial charge in [-0.15, -0.1) is 0 Å². The summed E-state index contributed by atoms with van der Waals surface area (Å²) in [4.78, 5) is 37.5. The van der Waals surface area contributed by atoms with Crippen molar-refractivity contribution in [1.29, 1.82) is 0 Å². The van der Waals surface area contributed by atoms with Gasteiger partial charge in [0.2, 0.25) is 0 Å². The monoisotopic (exact) mass is 581 g/mol. The van der Waals surface area contributed by atoms with Crippen LogP contribution in [0.15, 0.2) is 0 Å². The molecule has 0 amide bonds. The number of aliphatic hydroxyl groups excluding tert-OH is 1. The Kier molecular flexibility index (Phi) is 12.0. The summed E-state index contributed by atoms with van der Waals surface area (Å²) in [6.45, 7) is 17.2. The van der Waals surface area contributed by atoms with E-state index in [-0.39, 0.29) is 0 Å². The summed E-state index contributed by atoms with van der Waals surface area (Å²) in [7, 11) is 0. The zero-order chi connectivity index (χ0) is 31.3. The van der Waals surface area contributed by atoms with Crippen molar-refractivity contribution < 1.29 is 62.1 Å². The minimum absolute atomic E-state index is 0.523. The predicted molar refractivity (Wildman–Crippen MR) is 139 cm³/mol. The molecule has 1 aliphatic heterocycles. The van der Waals surface area contributed by atoms with E-state index in [1.54, 1.807) is 83.1 Å². The summed E-state index contributed by atoms with van der Waals surface area (Å²) >= 11 is 0. The minimum Gasteiger partial charge on any atom is -0.431 e. The van der Waals surface area contributed by atoms with Crippen LogP contribution < -0.4 is 5.73 Å². The molecule has 0 radical (unpaired) electrons. The van der Waals surface area contributed by atoms with Crippen LogP contribution in [-0.2, 0) is 42.6 Å². The van der Waals surface area contributed by atoms with Crippen molar-refractivity contribution in [1.82, 2.24) is 0 Å². The van der Waals surface area contributed by atoms with E-state index in [4.69, 9.17) is 48.4 Å². The van der Waals surface area contributed by atoms with Gasteiger partial charge in [-0.3, -0.25) is 0 Å². The second-order valence-corrected chi connectivity index (χ2v) is 13.1. The van der Waals surface area contributed by atoms with Crippen LogP contribution in [0.1, 0.15) is 83.1 Å². The van der Waals surface area contributed by atoms with E-state index >= 15 is 0 Å². The first-order chi connectivity index (χ1) is 17.8. The van der Waals surface area contributed by atoms with Crippen LogP contribution in [0.4, 0.5) is 14.4 Å². The lowest BCUT2D eigenvalue weighted by atomic mass is 9.98. The van der Waals surface area contributed by atoms with E-state index in [2.05, 4.69) is 0 Å². The van der Waals surface area contributed by atoms with E-state index in [1.165, 1.54) is 0 Å². The summed E-state index contributed by atoms with van der Waals surface area (Å²) in [5.74, 6) is 0. The van der Waals surface area contributed by atoms with Crippen LogP contribution in [0.5, 0.6) is 0 Å². The zero-order valence-electron chi connectivity index (χ0n) is 25.6. The van der Waals surface area contributed by atoms with E-state index in [0.29, 0.717) is 0 Å². The highest BCUT2D eigenvalue weighted by atomic mass is 16.8. The van der Waals surface area contributed by atoms with Gasteiger partial charge in [0.05, 0.1) is 5.60 Å². The molecule has 0 aromatic rings. The van der Waals surface area contributed by atoms with Gasteiger partial charge in [0.25, 0.3) is 6.48 Å². The Hall–Kier alpha value is -2.39. The van der Waals surface area contributed by atoms with Gasteiger partial charge < -0.3 is 53.5 Å². The third-order valence-electron chi connectivity index (χ3n) is 4.40. The Morgan fingerprint density at radius 1 is 0.700 bits per heavy atom. The number of nitrogens with two attached hydrogens (primary N) is 1. The first kappa shape index (κ1) is 35.6. The van der Waals surface area contributed by atoms with E-state index < -0.39 is 84.6 Å². The molecule has 234 valence electrons. The van der Waals surface area contributed by atoms with Crippen LogP contribution in [0.2, 0.25) is 0 Å². The minimum atomic E-state index is -1.89. The summed E-state index contributed by atoms with van der Waals surface area (Å²) in [6.07, 6.45) is -10.5. The third kappa shape index (κ3) is 14.3. The number of hydrogen-bond donors (Lipinski definition) is 2. The first-order valence-electron chi connectivity index (χ1n) is 12.9. The summed E-state index contributed by atoms with van der Waals surface area (Å²) in [5, 5.41) is 10.6. The Bertz CT molecular complexity index is 851. The van der Waals surface area contributed by atoms with Gasteiger partial charge in [-0.25, -0.2) is 14.4 Å². The third-order valence-corrected chi connectivity index (χ3v) is 4.40. The average Bonchev–Trinajstić information content (AvgIpc) is 2.65. The molecule has 1 saturated heterocycles. The molecule has 0 aliphatic carbocycles. The number of carbonyl (C=O) groups is 3. The molecule has 40 heavy (non-hydrogen) atoms. The van der Waals surface area contributed by atoms with Crippen molar-refractivity contribution in [2.45, 2.75) is 143 Å². The van der Waals surface area contributed by atoms with Crippen LogP contribution in [0.3, 0.4) is 0 Å². The molecule has 14 nitrogen and oxygen atoms in total. The quantitative estimate of drug-likeness (QED) is 0.252. The fourth-order valence-corrected chi connectivity index (χ4v) is 3.17. The van der Waals surface area contributed by atoms with Crippen LogP contribution >= 0.6 is 0 Å². The molecule has 0 spiro atoms. The Balaban J connectivity index is 3.40. The van der Waals surface area contributed by atoms with Crippen molar-refractivity contribution in [3.05, 3.63) is 0 Å². The number of aliphatic hydroxyl groups is 1. The van der Waals surface area contributed by atoms with Crippen molar-refractivity contribution >= 4 is 18.5 Å². The molecule has 3 N–H and O–H groups in total. The SMILES string of the molecule is CC(C)(C)OC(=O)OCC1OC(N)C(OC(=O)OC(C)(C)C)C(OC(O)OC(C)(C)C)C1OC(=O)OC(C)(C)C. The van der Waals surface area contributed by atoms with Gasteiger partial charge in [0, 0.05) is 0 Å². The molecule has 0 aromatic carbocycles. The molecule has 0 saturated carbocycles. The van der Waals surface area contributed by atoms with E-state index in [9.17, 15) is 19.5 Å². The molecule has 1 heterocycles. The molecule has 1 fully saturated rings. The predicted octanol–water partition coefficient (Wildman–Crippen LogP) is 3.74. The van der Waals surface area contributed by atoms with E-state index in [0.717, 1.165) is 0 Å². The summed E-state index contributed by atoms with van der Waals surface area (Å²) < 4.78 is 48.6. The van der Waals surface area contributed by atoms with Gasteiger partial charge in [-0.1, -0.05) is 0 Å². The lowest BCUT2D eigenvalue weighted by Crippen LogP contribution is -2.65. The Labute approximate surface area is 235 Å². The normalized spacial score (nSPS) is 24.9. The van der Waals surface area contributed by atoms with Crippen LogP contribution in [0, 0.1) is 0 Å². The lowest BCUT2D eigenvalue weighted by molar-refractivity contribution is -0.352. The molecule has 14 heteroatoms. The zero-order valence-corrected chi connectivity index (χ0v) is 25.6. The van der Waals surface area contributed by atoms with Crippen LogP contribution in [-0.4, -0.2) is 89.7 Å². The standard InChI is InChI=1S/C26H47NO13/c1-23(2,3)37-19(28)32-13-14-15(34-20(29)38-24(4,5)6)16(35-21(30)39-25(7,8)9)17(18(27)33-14)36-22(31)40-26(10,11)12/h14-18,21,30H,13,27H2,1-12H3. The molecule has 6 unspecified atom stereocenters. The smallest absolute Gasteiger partial charge is 0.431 e. The topological polar surface area (TPSA) is 181 Å². The molecule has 1 aliphatic rings. The number of rotatable bonds is 7. The largest absolute Gasteiger partial charge is 0.509 e. The molecule has 1 rings (SSSR count). The van der Waals surface area contributed by atoms with Gasteiger partial charge in [0.15, 0.2) is 12.2 Å². The van der Waals surface area contributed by atoms with Gasteiger partial charge in [-0.05, 0) is 83.1 Å². The highest BCUT2D eigenvalue weighted by molar-refractivity contribution is 5.62. The van der Waals surface area contributed by atoms with Gasteiger partial charge in [0.1, 0.15) is 41.8 Å². The fraction of sp³-hybridized carbons (Fsp3) is 0.885. The molecule has 0 aromatic heterocycles. The number of carbonyl (C=O) groups excluding carboxylic acids is 3. The first-order valence-corrected chi connectivity index (χ1v) is 12.9. The molecule has 0 bridgehead atoms. The van der Waals surface area contributed by atoms with Gasteiger partial charge >= 0.3 is 18.5 Å². The average molecular weight is 582 g/mol. The second kappa shape index (κ2) is 13.5. The van der Waals surface area contributed by atoms with Crippen LogP contribution in [0.25, 0.3) is 0 Å². The maximum absolute atomic E-state index is 12.7. The Morgan fingerprint density at radius 3 is 1.55 bits per heavy atom. The summed E-state index contributed by atoms with van der Waals surface area (Å²) in [5.41, 5.74) is 2.60. The Morgan fingerprint density at radius 2 is 1.12 bits per heavy atom. The summed E-state index contributed by atoms with van der Waals surface area (Å²) in [6, 6.07) is 0. The van der Waals surface area contributed by atoms with Crippen molar-refractivity contribution in [3.63, 3.8) is 0 Å². The highest BCUT2D eigenvalue weighted by Gasteiger charge is 2.52. The van der Waals surface area contributed by atoms with Crippen molar-refractivity contribution in [2.24, 2.45) is 5.73 Å². The van der Waals surface area contributed by atoms with Crippen molar-refractivity contribution in [2.75, 3.05) is 6.61 Å². The number of hydrogen-bond acceptors (Lipinski definition) is 14. The van der Waals surface area contributed by atoms with Gasteiger partial charge in [-0.2, -0.15) is 0 Å². The maximum atomic E-state index is 12.7. The second-order valence-electron chi connectivity index (χ2n) is 13.1. The van der Waals surface area contributed by atoms with Crippen molar-refractivity contribution in [3.8, 4) is 0 Å². The lowest BCUT2D eigenvalue weighted by Gasteiger charge is -2.44. The fourth-order valence-electron chi connectivity index (χ4n) is 3.17. The molecular formula is C26H47NO13. The molecule has 6 atom stereocenters. The molecular weight excluding hydrogens is 534 g/mol. The van der Waals surface area contributed by atoms with E-state index in [1.807, 2.05) is 0 Å². The number of ether oxygens (including phenoxy) is 9. The maximum Gasteiger partial charge on any atom is 0.509 e. The highest BCUT2D eigenvalue weighted by Crippen LogP contribution is 2.30.